The number of carbonyl (C=O) groups excluding carboxylic acids is 6. The Balaban J connectivity index is -0.000000384. The summed E-state index contributed by atoms with van der Waals surface area (Å²) in [6, 6.07) is 0. The molecule has 0 heterocycles. The van der Waals surface area contributed by atoms with Gasteiger partial charge in [-0.25, -0.2) is 28.8 Å². The summed E-state index contributed by atoms with van der Waals surface area (Å²) >= 11 is 0. The fourth-order valence-electron chi connectivity index (χ4n) is 2.27. The van der Waals surface area contributed by atoms with Crippen LogP contribution in [-0.4, -0.2) is 74.5 Å². The molecule has 13 heteroatoms. The van der Waals surface area contributed by atoms with E-state index < -0.39 is 35.6 Å². The third-order valence-electron chi connectivity index (χ3n) is 4.88. The first-order chi connectivity index (χ1) is 29.4. The second kappa shape index (κ2) is 43.5. The van der Waals surface area contributed by atoms with Crippen LogP contribution < -0.4 is 5.32 Å². The summed E-state index contributed by atoms with van der Waals surface area (Å²) < 4.78 is 28.1. The normalized spacial score (nSPS) is 7.69. The molecule has 0 aromatic carbocycles. The fourth-order valence-corrected chi connectivity index (χ4v) is 2.27. The molecule has 0 saturated heterocycles. The number of hydrogen-bond acceptors (Lipinski definition) is 12. The minimum absolute atomic E-state index is 0.0322. The van der Waals surface area contributed by atoms with Crippen LogP contribution in [0.2, 0.25) is 0 Å². The van der Waals surface area contributed by atoms with Gasteiger partial charge in [0, 0.05) is 83.3 Å². The molecule has 0 rings (SSSR count). The van der Waals surface area contributed by atoms with Crippen LogP contribution in [-0.2, 0) is 52.4 Å². The molecule has 0 aromatic heterocycles. The molecule has 0 unspecified atom stereocenters. The first kappa shape index (κ1) is 60.0. The summed E-state index contributed by atoms with van der Waals surface area (Å²) in [5.74, 6) is 35.9. The molecule has 0 aliphatic rings. The standard InChI is InChI=1S/C22H6O2.C11H19NO4.C8H10O4.C8H14O2/c1-4-5-6-7-8-9-10-11-12-13-14-15-16-17-18-19-20-24-22(23)21(2)3;1-5-9(13)15-8-6-7-12-10(14)16-11(2,3)4;1-3-7(9)11-5-6-12-8(10)4-2;1-4-5-6-10-8(9)7(2)3/h1H,2H2,3H3;5H,1,6-8H2,2-4H3,(H,12,14);3-4H,1-2,5-6H2;2,4-6H2,1,3H3. The lowest BCUT2D eigenvalue weighted by Gasteiger charge is -2.19. The predicted molar refractivity (Wildman–Crippen MR) is 235 cm³/mol. The number of nitrogens with one attached hydrogen (secondary N) is 1. The molecule has 1 amide bonds. The van der Waals surface area contributed by atoms with Crippen molar-refractivity contribution >= 4 is 35.9 Å². The maximum Gasteiger partial charge on any atom is 0.407 e. The molecule has 0 aliphatic carbocycles. The maximum absolute atomic E-state index is 11.2. The summed E-state index contributed by atoms with van der Waals surface area (Å²) in [7, 11) is 0. The van der Waals surface area contributed by atoms with Gasteiger partial charge in [-0.2, -0.15) is 0 Å². The van der Waals surface area contributed by atoms with Crippen molar-refractivity contribution in [2.45, 2.75) is 66.4 Å². The topological polar surface area (TPSA) is 170 Å². The van der Waals surface area contributed by atoms with E-state index in [0.29, 0.717) is 25.1 Å². The Kier molecular flexibility index (Phi) is 42.1. The number of rotatable bonds is 15. The van der Waals surface area contributed by atoms with Crippen LogP contribution >= 0.6 is 0 Å². The first-order valence-corrected chi connectivity index (χ1v) is 17.9. The third-order valence-corrected chi connectivity index (χ3v) is 4.88. The number of terminal acetylenes is 1. The molecule has 0 aromatic rings. The number of hydrogen-bond donors (Lipinski definition) is 1. The minimum atomic E-state index is -0.602. The molecule has 0 fully saturated rings. The molecule has 322 valence electrons. The van der Waals surface area contributed by atoms with Crippen LogP contribution in [0.1, 0.15) is 60.8 Å². The largest absolute Gasteiger partial charge is 0.462 e. The van der Waals surface area contributed by atoms with Gasteiger partial charge in [0.15, 0.2) is 0 Å². The summed E-state index contributed by atoms with van der Waals surface area (Å²) in [5.41, 5.74) is 0.221. The Morgan fingerprint density at radius 2 is 0.935 bits per heavy atom. The molecule has 62 heavy (non-hydrogen) atoms. The zero-order valence-corrected chi connectivity index (χ0v) is 35.9. The van der Waals surface area contributed by atoms with Gasteiger partial charge in [0.25, 0.3) is 0 Å². The van der Waals surface area contributed by atoms with E-state index in [1.54, 1.807) is 27.7 Å². The molecular formula is C49H49NO12. The highest BCUT2D eigenvalue weighted by Gasteiger charge is 2.15. The monoisotopic (exact) mass is 843 g/mol. The van der Waals surface area contributed by atoms with Gasteiger partial charge in [0.05, 0.1) is 13.2 Å². The van der Waals surface area contributed by atoms with Crippen LogP contribution in [0.3, 0.4) is 0 Å². The molecule has 0 aliphatic heterocycles. The minimum Gasteiger partial charge on any atom is -0.462 e. The Hall–Kier alpha value is -8.64. The van der Waals surface area contributed by atoms with Gasteiger partial charge in [-0.05, 0) is 94.8 Å². The predicted octanol–water partition coefficient (Wildman–Crippen LogP) is 4.70. The molecule has 0 radical (unpaired) electrons. The first-order valence-electron chi connectivity index (χ1n) is 17.9. The lowest BCUT2D eigenvalue weighted by Crippen LogP contribution is -2.33. The van der Waals surface area contributed by atoms with Gasteiger partial charge >= 0.3 is 35.9 Å². The average Bonchev–Trinajstić information content (AvgIpc) is 3.22. The van der Waals surface area contributed by atoms with Crippen LogP contribution in [0.15, 0.2) is 62.3 Å². The zero-order valence-electron chi connectivity index (χ0n) is 35.9. The molecule has 0 spiro atoms. The van der Waals surface area contributed by atoms with Crippen molar-refractivity contribution in [1.82, 2.24) is 5.32 Å². The second-order valence-corrected chi connectivity index (χ2v) is 11.5. The number of carbonyl (C=O) groups is 6. The fraction of sp³-hybridized carbons (Fsp3) is 0.306. The van der Waals surface area contributed by atoms with E-state index in [9.17, 15) is 28.8 Å². The van der Waals surface area contributed by atoms with E-state index in [0.717, 1.165) is 31.1 Å². The third kappa shape index (κ3) is 53.5. The van der Waals surface area contributed by atoms with Crippen LogP contribution in [0.4, 0.5) is 4.79 Å². The quantitative estimate of drug-likeness (QED) is 0.0794. The van der Waals surface area contributed by atoms with E-state index in [2.05, 4.69) is 160 Å². The number of unbranched alkanes of at least 4 members (excludes halogenated alkanes) is 1. The molecule has 1 N–H and O–H groups in total. The van der Waals surface area contributed by atoms with E-state index in [1.807, 2.05) is 0 Å². The Morgan fingerprint density at radius 1 is 0.565 bits per heavy atom. The van der Waals surface area contributed by atoms with Gasteiger partial charge in [0.2, 0.25) is 0 Å². The number of ether oxygens (including phenoxy) is 6. The molecular weight excluding hydrogens is 795 g/mol. The molecule has 0 bridgehead atoms. The Labute approximate surface area is 366 Å². The van der Waals surface area contributed by atoms with Crippen molar-refractivity contribution in [3.05, 3.63) is 62.3 Å². The SMILES string of the molecule is C#CC#CC#CC#CC#CC#CC#CC#CC#COC(=O)C(=C)C.C=C(C)C(=O)OCCCC.C=CC(=O)OCCCNC(=O)OC(C)(C)C.C=CC(=O)OCCOC(=O)C=C. The maximum atomic E-state index is 11.2. The lowest BCUT2D eigenvalue weighted by atomic mass is 10.2. The number of amides is 1. The summed E-state index contributed by atoms with van der Waals surface area (Å²) in [6.45, 7) is 28.3. The van der Waals surface area contributed by atoms with Crippen molar-refractivity contribution in [3.63, 3.8) is 0 Å². The summed E-state index contributed by atoms with van der Waals surface area (Å²) in [6.07, 6.45) is 12.2. The van der Waals surface area contributed by atoms with Gasteiger partial charge in [-0.1, -0.05) is 46.2 Å². The Morgan fingerprint density at radius 3 is 1.29 bits per heavy atom. The highest BCUT2D eigenvalue weighted by Crippen LogP contribution is 2.06. The van der Waals surface area contributed by atoms with E-state index in [1.165, 1.54) is 6.92 Å². The molecule has 0 atom stereocenters. The van der Waals surface area contributed by atoms with Crippen molar-refractivity contribution in [3.8, 4) is 107 Å². The molecule has 0 saturated carbocycles. The number of esters is 5. The Bertz CT molecular complexity index is 2130. The van der Waals surface area contributed by atoms with Crippen LogP contribution in [0, 0.1) is 107 Å². The smallest absolute Gasteiger partial charge is 0.407 e. The average molecular weight is 844 g/mol. The van der Waals surface area contributed by atoms with Gasteiger partial charge in [0.1, 0.15) is 24.9 Å². The summed E-state index contributed by atoms with van der Waals surface area (Å²) in [5, 5.41) is 2.55. The van der Waals surface area contributed by atoms with Crippen molar-refractivity contribution in [1.29, 1.82) is 0 Å². The van der Waals surface area contributed by atoms with Crippen molar-refractivity contribution in [2.75, 3.05) is 33.0 Å². The van der Waals surface area contributed by atoms with E-state index in [-0.39, 0.29) is 31.4 Å². The summed E-state index contributed by atoms with van der Waals surface area (Å²) in [4.78, 5) is 64.3. The zero-order chi connectivity index (χ0) is 47.9. The van der Waals surface area contributed by atoms with Crippen LogP contribution in [0.5, 0.6) is 0 Å². The van der Waals surface area contributed by atoms with Crippen molar-refractivity contribution in [2.24, 2.45) is 0 Å². The van der Waals surface area contributed by atoms with Crippen molar-refractivity contribution < 1.29 is 57.2 Å². The number of alkyl carbamates (subject to hydrolysis) is 1. The van der Waals surface area contributed by atoms with E-state index in [4.69, 9.17) is 20.6 Å². The lowest BCUT2D eigenvalue weighted by molar-refractivity contribution is -0.146. The van der Waals surface area contributed by atoms with Crippen LogP contribution in [0.25, 0.3) is 0 Å². The second-order valence-electron chi connectivity index (χ2n) is 11.5. The highest BCUT2D eigenvalue weighted by molar-refractivity contribution is 5.88. The van der Waals surface area contributed by atoms with E-state index >= 15 is 0 Å². The van der Waals surface area contributed by atoms with Gasteiger partial charge in [-0.15, -0.1) is 6.42 Å². The van der Waals surface area contributed by atoms with Gasteiger partial charge < -0.3 is 33.7 Å². The highest BCUT2D eigenvalue weighted by atomic mass is 16.6. The molecule has 13 nitrogen and oxygen atoms in total. The van der Waals surface area contributed by atoms with Gasteiger partial charge in [-0.3, -0.25) is 0 Å².